The summed E-state index contributed by atoms with van der Waals surface area (Å²) >= 11 is 0. The van der Waals surface area contributed by atoms with E-state index in [9.17, 15) is 9.59 Å². The Morgan fingerprint density at radius 2 is 2.35 bits per heavy atom. The van der Waals surface area contributed by atoms with Crippen LogP contribution < -0.4 is 10.7 Å². The van der Waals surface area contributed by atoms with Crippen molar-refractivity contribution >= 4 is 5.91 Å². The fraction of sp³-hybridized carbons (Fsp3) is 0.438. The lowest BCUT2D eigenvalue weighted by Gasteiger charge is -2.17. The molecule has 2 aromatic rings. The van der Waals surface area contributed by atoms with Gasteiger partial charge in [-0.2, -0.15) is 5.10 Å². The molecule has 0 radical (unpaired) electrons. The lowest BCUT2D eigenvalue weighted by molar-refractivity contribution is 0.0845. The number of aromatic amines is 1. The van der Waals surface area contributed by atoms with Gasteiger partial charge in [-0.15, -0.1) is 0 Å². The van der Waals surface area contributed by atoms with Crippen LogP contribution in [0.2, 0.25) is 0 Å². The number of aryl methyl sites for hydroxylation is 2. The Kier molecular flexibility index (Phi) is 4.29. The molecule has 2 aromatic heterocycles. The van der Waals surface area contributed by atoms with Gasteiger partial charge in [-0.05, 0) is 13.3 Å². The molecular weight excluding hydrogens is 296 g/mol. The molecule has 7 nitrogen and oxygen atoms in total. The largest absolute Gasteiger partial charge is 0.373 e. The molecule has 0 unspecified atom stereocenters. The molecule has 2 N–H and O–H groups in total. The highest BCUT2D eigenvalue weighted by Gasteiger charge is 2.31. The third-order valence-corrected chi connectivity index (χ3v) is 4.17. The molecule has 1 fully saturated rings. The Hall–Kier alpha value is -2.41. The molecule has 1 aliphatic rings. The molecule has 3 heterocycles. The van der Waals surface area contributed by atoms with Gasteiger partial charge in [0.25, 0.3) is 5.91 Å². The lowest BCUT2D eigenvalue weighted by Crippen LogP contribution is -2.34. The highest BCUT2D eigenvalue weighted by Crippen LogP contribution is 2.33. The second kappa shape index (κ2) is 6.37. The van der Waals surface area contributed by atoms with Gasteiger partial charge in [-0.25, -0.2) is 0 Å². The number of pyridine rings is 1. The monoisotopic (exact) mass is 316 g/mol. The summed E-state index contributed by atoms with van der Waals surface area (Å²) in [6, 6.07) is 0. The van der Waals surface area contributed by atoms with Crippen LogP contribution in [0.4, 0.5) is 0 Å². The van der Waals surface area contributed by atoms with Crippen LogP contribution in [0.1, 0.15) is 34.0 Å². The van der Waals surface area contributed by atoms with Crippen molar-refractivity contribution in [2.45, 2.75) is 19.4 Å². The first-order chi connectivity index (χ1) is 11.1. The zero-order valence-corrected chi connectivity index (χ0v) is 13.2. The summed E-state index contributed by atoms with van der Waals surface area (Å²) in [4.78, 5) is 27.0. The Morgan fingerprint density at radius 1 is 1.52 bits per heavy atom. The van der Waals surface area contributed by atoms with Crippen LogP contribution in [0.3, 0.4) is 0 Å². The van der Waals surface area contributed by atoms with Crippen molar-refractivity contribution in [2.75, 3.05) is 13.2 Å². The number of hydrogen-bond acceptors (Lipinski definition) is 4. The number of nitrogens with one attached hydrogen (secondary N) is 2. The Bertz CT molecular complexity index is 765. The minimum Gasteiger partial charge on any atom is -0.373 e. The van der Waals surface area contributed by atoms with Crippen LogP contribution >= 0.6 is 0 Å². The fourth-order valence-corrected chi connectivity index (χ4v) is 2.88. The first kappa shape index (κ1) is 15.5. The van der Waals surface area contributed by atoms with Crippen molar-refractivity contribution in [1.82, 2.24) is 20.1 Å². The van der Waals surface area contributed by atoms with Crippen LogP contribution in [-0.2, 0) is 11.8 Å². The van der Waals surface area contributed by atoms with E-state index in [-0.39, 0.29) is 28.9 Å². The number of H-pyrrole nitrogens is 1. The van der Waals surface area contributed by atoms with Gasteiger partial charge in [0, 0.05) is 55.8 Å². The standard InChI is InChI=1S/C16H20N4O3/c1-10-5-17-8-13(14(10)21)16(22)18-6-11-3-4-23-15(11)12-7-19-20(2)9-12/h5,7-9,11,15H,3-4,6H2,1-2H3,(H,17,21)(H,18,22)/t11-,15+/m0/s1. The third kappa shape index (κ3) is 3.19. The molecule has 0 aromatic carbocycles. The van der Waals surface area contributed by atoms with Crippen molar-refractivity contribution in [3.63, 3.8) is 0 Å². The number of amides is 1. The molecule has 3 rings (SSSR count). The smallest absolute Gasteiger partial charge is 0.256 e. The third-order valence-electron chi connectivity index (χ3n) is 4.17. The van der Waals surface area contributed by atoms with E-state index in [0.717, 1.165) is 12.0 Å². The number of ether oxygens (including phenoxy) is 1. The molecular formula is C16H20N4O3. The number of hydrogen-bond donors (Lipinski definition) is 2. The molecule has 122 valence electrons. The minimum absolute atomic E-state index is 0.0696. The van der Waals surface area contributed by atoms with Crippen LogP contribution in [0.25, 0.3) is 0 Å². The van der Waals surface area contributed by atoms with Gasteiger partial charge in [0.05, 0.1) is 12.3 Å². The Balaban J connectivity index is 1.66. The molecule has 1 saturated heterocycles. The maximum absolute atomic E-state index is 12.2. The van der Waals surface area contributed by atoms with E-state index in [1.165, 1.54) is 6.20 Å². The summed E-state index contributed by atoms with van der Waals surface area (Å²) in [5, 5.41) is 7.01. The number of carbonyl (C=O) groups is 1. The zero-order valence-electron chi connectivity index (χ0n) is 13.2. The Labute approximate surface area is 133 Å². The van der Waals surface area contributed by atoms with E-state index in [1.807, 2.05) is 13.2 Å². The lowest BCUT2D eigenvalue weighted by atomic mass is 9.97. The normalized spacial score (nSPS) is 20.6. The second-order valence-electron chi connectivity index (χ2n) is 5.88. The van der Waals surface area contributed by atoms with E-state index >= 15 is 0 Å². The van der Waals surface area contributed by atoms with Crippen molar-refractivity contribution in [3.05, 3.63) is 51.7 Å². The highest BCUT2D eigenvalue weighted by molar-refractivity contribution is 5.93. The fourth-order valence-electron chi connectivity index (χ4n) is 2.88. The van der Waals surface area contributed by atoms with Crippen molar-refractivity contribution < 1.29 is 9.53 Å². The highest BCUT2D eigenvalue weighted by atomic mass is 16.5. The summed E-state index contributed by atoms with van der Waals surface area (Å²) in [7, 11) is 1.86. The van der Waals surface area contributed by atoms with E-state index in [4.69, 9.17) is 4.74 Å². The van der Waals surface area contributed by atoms with Crippen molar-refractivity contribution in [1.29, 1.82) is 0 Å². The average molecular weight is 316 g/mol. The average Bonchev–Trinajstić information content (AvgIpc) is 3.16. The molecule has 0 saturated carbocycles. The summed E-state index contributed by atoms with van der Waals surface area (Å²) in [6.07, 6.45) is 7.53. The molecule has 1 amide bonds. The molecule has 2 atom stereocenters. The van der Waals surface area contributed by atoms with Gasteiger partial charge in [-0.1, -0.05) is 0 Å². The maximum atomic E-state index is 12.2. The summed E-state index contributed by atoms with van der Waals surface area (Å²) in [5.41, 5.74) is 1.43. The molecule has 7 heteroatoms. The number of aromatic nitrogens is 3. The van der Waals surface area contributed by atoms with Crippen LogP contribution in [0.15, 0.2) is 29.6 Å². The summed E-state index contributed by atoms with van der Waals surface area (Å²) in [5.74, 6) is -0.182. The van der Waals surface area contributed by atoms with E-state index in [2.05, 4.69) is 15.4 Å². The first-order valence-corrected chi connectivity index (χ1v) is 7.62. The molecule has 0 bridgehead atoms. The quantitative estimate of drug-likeness (QED) is 0.878. The van der Waals surface area contributed by atoms with Crippen molar-refractivity contribution in [2.24, 2.45) is 13.0 Å². The SMILES string of the molecule is Cc1c[nH]cc(C(=O)NC[C@@H]2CCO[C@H]2c2cnn(C)c2)c1=O. The second-order valence-corrected chi connectivity index (χ2v) is 5.88. The van der Waals surface area contributed by atoms with Gasteiger partial charge in [0.15, 0.2) is 5.43 Å². The van der Waals surface area contributed by atoms with Gasteiger partial charge in [0.1, 0.15) is 5.56 Å². The number of carbonyl (C=O) groups excluding carboxylic acids is 1. The predicted octanol–water partition coefficient (Wildman–Crippen LogP) is 0.924. The topological polar surface area (TPSA) is 89.0 Å². The summed E-state index contributed by atoms with van der Waals surface area (Å²) < 4.78 is 7.51. The van der Waals surface area contributed by atoms with E-state index in [1.54, 1.807) is 24.0 Å². The van der Waals surface area contributed by atoms with Gasteiger partial charge in [0.2, 0.25) is 0 Å². The molecule has 1 aliphatic heterocycles. The predicted molar refractivity (Wildman–Crippen MR) is 84.1 cm³/mol. The molecule has 0 spiro atoms. The number of rotatable bonds is 4. The number of nitrogens with zero attached hydrogens (tertiary/aromatic N) is 2. The minimum atomic E-state index is -0.355. The van der Waals surface area contributed by atoms with E-state index in [0.29, 0.717) is 18.7 Å². The van der Waals surface area contributed by atoms with Gasteiger partial charge < -0.3 is 15.0 Å². The molecule has 0 aliphatic carbocycles. The van der Waals surface area contributed by atoms with Gasteiger partial charge in [-0.3, -0.25) is 14.3 Å². The zero-order chi connectivity index (χ0) is 16.4. The first-order valence-electron chi connectivity index (χ1n) is 7.62. The Morgan fingerprint density at radius 3 is 3.09 bits per heavy atom. The van der Waals surface area contributed by atoms with Crippen LogP contribution in [-0.4, -0.2) is 33.8 Å². The summed E-state index contributed by atoms with van der Waals surface area (Å²) in [6.45, 7) is 2.80. The van der Waals surface area contributed by atoms with Crippen LogP contribution in [0, 0.1) is 12.8 Å². The van der Waals surface area contributed by atoms with Crippen molar-refractivity contribution in [3.8, 4) is 0 Å². The van der Waals surface area contributed by atoms with Crippen LogP contribution in [0.5, 0.6) is 0 Å². The maximum Gasteiger partial charge on any atom is 0.256 e. The van der Waals surface area contributed by atoms with Gasteiger partial charge >= 0.3 is 0 Å². The molecule has 23 heavy (non-hydrogen) atoms. The van der Waals surface area contributed by atoms with E-state index < -0.39 is 0 Å².